The SMILES string of the molecule is CC.COc1cccc(-c2nnc(NSCCc3ncc(F)cn3)n2-c2c(OC)cccc2OC)n1. The maximum atomic E-state index is 13.0. The van der Waals surface area contributed by atoms with Crippen molar-refractivity contribution in [3.8, 4) is 34.6 Å². The average molecular weight is 514 g/mol. The molecule has 0 fully saturated rings. The summed E-state index contributed by atoms with van der Waals surface area (Å²) in [5, 5.41) is 8.72. The van der Waals surface area contributed by atoms with E-state index in [4.69, 9.17) is 14.2 Å². The van der Waals surface area contributed by atoms with E-state index in [1.54, 1.807) is 32.0 Å². The fourth-order valence-corrected chi connectivity index (χ4v) is 3.81. The first-order valence-electron chi connectivity index (χ1n) is 11.2. The molecule has 1 N–H and O–H groups in total. The number of methoxy groups -OCH3 is 3. The van der Waals surface area contributed by atoms with Crippen LogP contribution in [0.2, 0.25) is 0 Å². The number of halogens is 1. The molecule has 0 spiro atoms. The molecule has 0 aliphatic heterocycles. The van der Waals surface area contributed by atoms with Gasteiger partial charge in [-0.05, 0) is 30.1 Å². The summed E-state index contributed by atoms with van der Waals surface area (Å²) < 4.78 is 34.5. The van der Waals surface area contributed by atoms with Crippen LogP contribution in [-0.2, 0) is 6.42 Å². The summed E-state index contributed by atoms with van der Waals surface area (Å²) in [6.07, 6.45) is 2.84. The number of hydrogen-bond acceptors (Lipinski definition) is 10. The van der Waals surface area contributed by atoms with Gasteiger partial charge in [-0.25, -0.2) is 19.3 Å². The van der Waals surface area contributed by atoms with Crippen molar-refractivity contribution in [2.24, 2.45) is 0 Å². The highest BCUT2D eigenvalue weighted by Crippen LogP contribution is 2.37. The Morgan fingerprint density at radius 3 is 2.22 bits per heavy atom. The number of nitrogens with one attached hydrogen (secondary N) is 1. The van der Waals surface area contributed by atoms with E-state index in [2.05, 4.69) is 29.9 Å². The molecule has 36 heavy (non-hydrogen) atoms. The molecule has 10 nitrogen and oxygen atoms in total. The fourth-order valence-electron chi connectivity index (χ4n) is 3.16. The fraction of sp³-hybridized carbons (Fsp3) is 0.292. The van der Waals surface area contributed by atoms with Crippen molar-refractivity contribution in [1.82, 2.24) is 29.7 Å². The van der Waals surface area contributed by atoms with E-state index in [0.29, 0.717) is 58.5 Å². The molecule has 12 heteroatoms. The standard InChI is InChI=1S/C22H22FN7O3S.C2H6/c1-31-16-7-5-8-17(32-2)20(16)30-21(15-6-4-9-19(26-15)33-3)27-28-22(30)29-34-11-10-18-24-12-14(23)13-25-18;1-2/h4-9,12-13H,10-11H2,1-3H3,(H,28,29);1-2H3. The molecular weight excluding hydrogens is 485 g/mol. The van der Waals surface area contributed by atoms with E-state index in [-0.39, 0.29) is 0 Å². The number of para-hydroxylation sites is 1. The molecule has 0 bridgehead atoms. The number of anilines is 1. The third-order valence-electron chi connectivity index (χ3n) is 4.72. The van der Waals surface area contributed by atoms with Gasteiger partial charge >= 0.3 is 0 Å². The normalized spacial score (nSPS) is 10.3. The van der Waals surface area contributed by atoms with Gasteiger partial charge in [0.25, 0.3) is 0 Å². The first kappa shape index (κ1) is 26.7. The monoisotopic (exact) mass is 513 g/mol. The van der Waals surface area contributed by atoms with Gasteiger partial charge in [0.1, 0.15) is 28.7 Å². The molecule has 3 aromatic heterocycles. The lowest BCUT2D eigenvalue weighted by Gasteiger charge is -2.17. The molecule has 190 valence electrons. The van der Waals surface area contributed by atoms with Crippen molar-refractivity contribution in [2.75, 3.05) is 31.8 Å². The summed E-state index contributed by atoms with van der Waals surface area (Å²) in [7, 11) is 4.71. The minimum absolute atomic E-state index is 0.437. The Bertz CT molecular complexity index is 1230. The molecule has 0 aliphatic carbocycles. The van der Waals surface area contributed by atoms with Gasteiger partial charge in [-0.1, -0.05) is 26.0 Å². The quantitative estimate of drug-likeness (QED) is 0.238. The number of nitrogens with zero attached hydrogens (tertiary/aromatic N) is 6. The van der Waals surface area contributed by atoms with Crippen LogP contribution < -0.4 is 18.9 Å². The van der Waals surface area contributed by atoms with Crippen molar-refractivity contribution in [2.45, 2.75) is 20.3 Å². The van der Waals surface area contributed by atoms with Crippen molar-refractivity contribution < 1.29 is 18.6 Å². The highest BCUT2D eigenvalue weighted by molar-refractivity contribution is 8.00. The van der Waals surface area contributed by atoms with Crippen LogP contribution in [0.4, 0.5) is 10.3 Å². The van der Waals surface area contributed by atoms with E-state index in [1.807, 2.05) is 44.2 Å². The van der Waals surface area contributed by atoms with E-state index in [9.17, 15) is 4.39 Å². The van der Waals surface area contributed by atoms with Crippen LogP contribution in [-0.4, -0.2) is 56.8 Å². The van der Waals surface area contributed by atoms with Crippen molar-refractivity contribution in [1.29, 1.82) is 0 Å². The lowest BCUT2D eigenvalue weighted by atomic mass is 10.2. The molecule has 0 amide bonds. The van der Waals surface area contributed by atoms with E-state index >= 15 is 0 Å². The lowest BCUT2D eigenvalue weighted by Crippen LogP contribution is -2.08. The Morgan fingerprint density at radius 2 is 1.58 bits per heavy atom. The molecule has 0 radical (unpaired) electrons. The molecule has 0 atom stereocenters. The first-order valence-corrected chi connectivity index (χ1v) is 12.2. The van der Waals surface area contributed by atoms with Crippen LogP contribution >= 0.6 is 11.9 Å². The molecule has 4 aromatic rings. The van der Waals surface area contributed by atoms with E-state index < -0.39 is 5.82 Å². The Morgan fingerprint density at radius 1 is 0.917 bits per heavy atom. The smallest absolute Gasteiger partial charge is 0.239 e. The van der Waals surface area contributed by atoms with Gasteiger partial charge in [0, 0.05) is 18.2 Å². The zero-order valence-electron chi connectivity index (χ0n) is 20.7. The van der Waals surface area contributed by atoms with Crippen LogP contribution in [0, 0.1) is 5.82 Å². The second kappa shape index (κ2) is 13.2. The number of aromatic nitrogens is 6. The summed E-state index contributed by atoms with van der Waals surface area (Å²) >= 11 is 1.38. The summed E-state index contributed by atoms with van der Waals surface area (Å²) in [6, 6.07) is 10.9. The number of rotatable bonds is 10. The van der Waals surface area contributed by atoms with Crippen molar-refractivity contribution in [3.63, 3.8) is 0 Å². The Balaban J connectivity index is 0.00000176. The van der Waals surface area contributed by atoms with Crippen LogP contribution in [0.3, 0.4) is 0 Å². The van der Waals surface area contributed by atoms with Crippen LogP contribution in [0.5, 0.6) is 17.4 Å². The highest BCUT2D eigenvalue weighted by Gasteiger charge is 2.23. The number of ether oxygens (including phenoxy) is 3. The molecule has 0 unspecified atom stereocenters. The second-order valence-corrected chi connectivity index (χ2v) is 7.68. The number of benzene rings is 1. The van der Waals surface area contributed by atoms with Crippen LogP contribution in [0.25, 0.3) is 17.2 Å². The maximum absolute atomic E-state index is 13.0. The number of aryl methyl sites for hydroxylation is 1. The molecule has 3 heterocycles. The van der Waals surface area contributed by atoms with E-state index in [1.165, 1.54) is 11.9 Å². The average Bonchev–Trinajstić information content (AvgIpc) is 3.36. The Kier molecular flexibility index (Phi) is 9.81. The number of pyridine rings is 1. The Labute approximate surface area is 213 Å². The second-order valence-electron chi connectivity index (χ2n) is 6.78. The van der Waals surface area contributed by atoms with Gasteiger partial charge in [0.2, 0.25) is 11.8 Å². The minimum Gasteiger partial charge on any atom is -0.494 e. The number of hydrogen-bond donors (Lipinski definition) is 1. The van der Waals surface area contributed by atoms with Crippen molar-refractivity contribution >= 4 is 17.9 Å². The van der Waals surface area contributed by atoms with Gasteiger partial charge in [-0.2, -0.15) is 0 Å². The summed E-state index contributed by atoms with van der Waals surface area (Å²) in [5.74, 6) is 3.17. The molecule has 0 saturated carbocycles. The third-order valence-corrected chi connectivity index (χ3v) is 5.45. The third kappa shape index (κ3) is 6.19. The maximum Gasteiger partial charge on any atom is 0.239 e. The molecule has 0 aliphatic rings. The first-order chi connectivity index (χ1) is 17.6. The van der Waals surface area contributed by atoms with Gasteiger partial charge in [0.05, 0.1) is 33.7 Å². The predicted molar refractivity (Wildman–Crippen MR) is 137 cm³/mol. The van der Waals surface area contributed by atoms with Gasteiger partial charge in [-0.15, -0.1) is 10.2 Å². The zero-order chi connectivity index (χ0) is 25.9. The molecule has 4 rings (SSSR count). The summed E-state index contributed by atoms with van der Waals surface area (Å²) in [6.45, 7) is 4.00. The lowest BCUT2D eigenvalue weighted by molar-refractivity contribution is 0.391. The van der Waals surface area contributed by atoms with Gasteiger partial charge < -0.3 is 14.2 Å². The molecule has 1 aromatic carbocycles. The zero-order valence-corrected chi connectivity index (χ0v) is 21.5. The van der Waals surface area contributed by atoms with Crippen LogP contribution in [0.15, 0.2) is 48.8 Å². The summed E-state index contributed by atoms with van der Waals surface area (Å²) in [5.41, 5.74) is 1.17. The molecular formula is C24H28FN7O3S. The largest absolute Gasteiger partial charge is 0.494 e. The van der Waals surface area contributed by atoms with Gasteiger partial charge in [-0.3, -0.25) is 9.29 Å². The minimum atomic E-state index is -0.466. The summed E-state index contributed by atoms with van der Waals surface area (Å²) in [4.78, 5) is 12.5. The van der Waals surface area contributed by atoms with Crippen LogP contribution in [0.1, 0.15) is 19.7 Å². The Hall–Kier alpha value is -3.93. The van der Waals surface area contributed by atoms with E-state index in [0.717, 1.165) is 12.4 Å². The highest BCUT2D eigenvalue weighted by atomic mass is 32.2. The van der Waals surface area contributed by atoms with Crippen molar-refractivity contribution in [3.05, 3.63) is 60.4 Å². The van der Waals surface area contributed by atoms with Gasteiger partial charge in [0.15, 0.2) is 11.6 Å². The predicted octanol–water partition coefficient (Wildman–Crippen LogP) is 4.61. The topological polar surface area (TPSA) is 109 Å². The molecule has 0 saturated heterocycles.